The fourth-order valence-corrected chi connectivity index (χ4v) is 2.20. The zero-order valence-electron chi connectivity index (χ0n) is 9.87. The van der Waals surface area contributed by atoms with Crippen molar-refractivity contribution in [2.75, 3.05) is 26.3 Å². The van der Waals surface area contributed by atoms with E-state index in [1.165, 1.54) is 6.42 Å². The van der Waals surface area contributed by atoms with E-state index in [0.29, 0.717) is 13.2 Å². The number of nitrogens with one attached hydrogen (secondary N) is 1. The summed E-state index contributed by atoms with van der Waals surface area (Å²) >= 11 is 0. The van der Waals surface area contributed by atoms with Crippen LogP contribution in [0.1, 0.15) is 26.2 Å². The molecule has 2 fully saturated rings. The van der Waals surface area contributed by atoms with Crippen LogP contribution in [0.15, 0.2) is 0 Å². The third-order valence-corrected chi connectivity index (χ3v) is 3.65. The van der Waals surface area contributed by atoms with Crippen molar-refractivity contribution in [3.8, 4) is 0 Å². The van der Waals surface area contributed by atoms with E-state index in [0.717, 1.165) is 25.9 Å². The molecule has 2 atom stereocenters. The molecule has 0 aromatic rings. The molecule has 2 saturated heterocycles. The predicted molar refractivity (Wildman–Crippen MR) is 60.5 cm³/mol. The molecule has 2 aliphatic heterocycles. The number of nitrogens with zero attached hydrogens (tertiary/aromatic N) is 1. The Labute approximate surface area is 96.3 Å². The molecule has 0 aromatic carbocycles. The molecule has 2 aliphatic rings. The van der Waals surface area contributed by atoms with Crippen LogP contribution in [0.3, 0.4) is 0 Å². The number of amides is 1. The van der Waals surface area contributed by atoms with Gasteiger partial charge < -0.3 is 10.5 Å². The number of hydrogen-bond acceptors (Lipinski definition) is 4. The van der Waals surface area contributed by atoms with Crippen molar-refractivity contribution in [1.82, 2.24) is 10.4 Å². The average Bonchev–Trinajstić information content (AvgIpc) is 2.62. The van der Waals surface area contributed by atoms with Crippen LogP contribution in [0.4, 0.5) is 0 Å². The van der Waals surface area contributed by atoms with E-state index in [-0.39, 0.29) is 11.9 Å². The lowest BCUT2D eigenvalue weighted by molar-refractivity contribution is -0.136. The third-order valence-electron chi connectivity index (χ3n) is 3.65. The Hall–Kier alpha value is -0.650. The molecule has 92 valence electrons. The first-order valence-corrected chi connectivity index (χ1v) is 6.02. The summed E-state index contributed by atoms with van der Waals surface area (Å²) in [5, 5.41) is 2.00. The van der Waals surface area contributed by atoms with Gasteiger partial charge in [0.05, 0.1) is 18.6 Å². The number of hydrogen-bond donors (Lipinski definition) is 2. The van der Waals surface area contributed by atoms with Crippen LogP contribution in [0, 0.1) is 5.41 Å². The number of nitrogens with two attached hydrogens (primary N) is 1. The Morgan fingerprint density at radius 2 is 2.12 bits per heavy atom. The Morgan fingerprint density at radius 1 is 1.44 bits per heavy atom. The highest BCUT2D eigenvalue weighted by atomic mass is 16.5. The number of carbonyl (C=O) groups is 1. The van der Waals surface area contributed by atoms with E-state index in [9.17, 15) is 4.79 Å². The maximum atomic E-state index is 12.1. The van der Waals surface area contributed by atoms with Gasteiger partial charge in [-0.25, -0.2) is 5.01 Å². The van der Waals surface area contributed by atoms with Crippen molar-refractivity contribution in [3.05, 3.63) is 0 Å². The van der Waals surface area contributed by atoms with Gasteiger partial charge in [0.25, 0.3) is 0 Å². The molecular weight excluding hydrogens is 206 g/mol. The number of carbonyl (C=O) groups excluding carboxylic acids is 1. The van der Waals surface area contributed by atoms with Gasteiger partial charge in [0.1, 0.15) is 0 Å². The van der Waals surface area contributed by atoms with Gasteiger partial charge in [-0.15, -0.1) is 0 Å². The molecule has 0 radical (unpaired) electrons. The number of piperidine rings is 1. The quantitative estimate of drug-likeness (QED) is 0.689. The smallest absolute Gasteiger partial charge is 0.244 e. The topological polar surface area (TPSA) is 67.6 Å². The fourth-order valence-electron chi connectivity index (χ4n) is 2.20. The van der Waals surface area contributed by atoms with Gasteiger partial charge in [-0.3, -0.25) is 10.2 Å². The molecule has 0 spiro atoms. The first kappa shape index (κ1) is 11.8. The van der Waals surface area contributed by atoms with Crippen LogP contribution in [-0.4, -0.2) is 43.3 Å². The third kappa shape index (κ3) is 2.21. The highest BCUT2D eigenvalue weighted by Gasteiger charge is 2.44. The molecule has 2 heterocycles. The van der Waals surface area contributed by atoms with Crippen molar-refractivity contribution in [3.63, 3.8) is 0 Å². The Morgan fingerprint density at radius 3 is 2.69 bits per heavy atom. The molecule has 16 heavy (non-hydrogen) atoms. The van der Waals surface area contributed by atoms with Gasteiger partial charge in [-0.1, -0.05) is 6.42 Å². The van der Waals surface area contributed by atoms with Crippen molar-refractivity contribution >= 4 is 5.91 Å². The molecule has 0 aromatic heterocycles. The fraction of sp³-hybridized carbons (Fsp3) is 0.909. The van der Waals surface area contributed by atoms with Crippen LogP contribution in [0.25, 0.3) is 0 Å². The first-order valence-electron chi connectivity index (χ1n) is 6.02. The Balaban J connectivity index is 1.91. The standard InChI is InChI=1S/C11H21N3O2/c1-11(8-16-7-9(11)12)10(15)13-14-5-3-2-4-6-14/h9H,2-8,12H2,1H3,(H,13,15). The molecular formula is C11H21N3O2. The first-order chi connectivity index (χ1) is 7.63. The van der Waals surface area contributed by atoms with E-state index in [1.807, 2.05) is 11.9 Å². The highest BCUT2D eigenvalue weighted by Crippen LogP contribution is 2.27. The zero-order valence-corrected chi connectivity index (χ0v) is 9.87. The Bertz CT molecular complexity index is 266. The van der Waals surface area contributed by atoms with Gasteiger partial charge in [0.2, 0.25) is 5.91 Å². The normalized spacial score (nSPS) is 36.2. The summed E-state index contributed by atoms with van der Waals surface area (Å²) in [4.78, 5) is 12.1. The predicted octanol–water partition coefficient (Wildman–Crippen LogP) is -0.133. The van der Waals surface area contributed by atoms with Crippen molar-refractivity contribution in [2.24, 2.45) is 11.1 Å². The van der Waals surface area contributed by atoms with Crippen molar-refractivity contribution in [1.29, 1.82) is 0 Å². The van der Waals surface area contributed by atoms with Gasteiger partial charge in [0, 0.05) is 19.1 Å². The second kappa shape index (κ2) is 4.69. The van der Waals surface area contributed by atoms with E-state index < -0.39 is 5.41 Å². The van der Waals surface area contributed by atoms with Crippen LogP contribution < -0.4 is 11.2 Å². The van der Waals surface area contributed by atoms with E-state index in [4.69, 9.17) is 10.5 Å². The summed E-state index contributed by atoms with van der Waals surface area (Å²) in [6.45, 7) is 4.66. The summed E-state index contributed by atoms with van der Waals surface area (Å²) in [5.74, 6) is -0.000556. The lowest BCUT2D eigenvalue weighted by atomic mass is 9.85. The molecule has 1 amide bonds. The van der Waals surface area contributed by atoms with Gasteiger partial charge in [-0.05, 0) is 19.8 Å². The highest BCUT2D eigenvalue weighted by molar-refractivity contribution is 5.83. The molecule has 0 saturated carbocycles. The molecule has 0 aliphatic carbocycles. The number of ether oxygens (including phenoxy) is 1. The summed E-state index contributed by atoms with van der Waals surface area (Å²) in [7, 11) is 0. The Kier molecular flexibility index (Phi) is 3.47. The number of rotatable bonds is 2. The van der Waals surface area contributed by atoms with Crippen LogP contribution in [0.5, 0.6) is 0 Å². The van der Waals surface area contributed by atoms with Crippen molar-refractivity contribution < 1.29 is 9.53 Å². The second-order valence-corrected chi connectivity index (χ2v) is 5.03. The van der Waals surface area contributed by atoms with Crippen LogP contribution in [0.2, 0.25) is 0 Å². The summed E-state index contributed by atoms with van der Waals surface area (Å²) in [5.41, 5.74) is 8.31. The SMILES string of the molecule is CC1(C(=O)NN2CCCCC2)COCC1N. The minimum Gasteiger partial charge on any atom is -0.379 e. The molecule has 5 nitrogen and oxygen atoms in total. The molecule has 0 bridgehead atoms. The number of hydrazine groups is 1. The molecule has 5 heteroatoms. The van der Waals surface area contributed by atoms with Crippen molar-refractivity contribution in [2.45, 2.75) is 32.2 Å². The molecule has 2 rings (SSSR count). The summed E-state index contributed by atoms with van der Waals surface area (Å²) in [6.07, 6.45) is 3.56. The van der Waals surface area contributed by atoms with E-state index >= 15 is 0 Å². The monoisotopic (exact) mass is 227 g/mol. The van der Waals surface area contributed by atoms with Crippen LogP contribution >= 0.6 is 0 Å². The van der Waals surface area contributed by atoms with Gasteiger partial charge in [-0.2, -0.15) is 0 Å². The lowest BCUT2D eigenvalue weighted by Crippen LogP contribution is -2.55. The zero-order chi connectivity index (χ0) is 11.6. The summed E-state index contributed by atoms with van der Waals surface area (Å²) < 4.78 is 5.28. The minimum atomic E-state index is -0.572. The minimum absolute atomic E-state index is 0.000556. The molecule has 3 N–H and O–H groups in total. The largest absolute Gasteiger partial charge is 0.379 e. The average molecular weight is 227 g/mol. The summed E-state index contributed by atoms with van der Waals surface area (Å²) in [6, 6.07) is -0.197. The van der Waals surface area contributed by atoms with Gasteiger partial charge in [0.15, 0.2) is 0 Å². The second-order valence-electron chi connectivity index (χ2n) is 5.03. The van der Waals surface area contributed by atoms with E-state index in [2.05, 4.69) is 5.43 Å². The molecule has 2 unspecified atom stereocenters. The van der Waals surface area contributed by atoms with Crippen LogP contribution in [-0.2, 0) is 9.53 Å². The van der Waals surface area contributed by atoms with E-state index in [1.54, 1.807) is 0 Å². The lowest BCUT2D eigenvalue weighted by Gasteiger charge is -2.32. The maximum absolute atomic E-state index is 12.1. The maximum Gasteiger partial charge on any atom is 0.244 e. The van der Waals surface area contributed by atoms with Gasteiger partial charge >= 0.3 is 0 Å².